The summed E-state index contributed by atoms with van der Waals surface area (Å²) in [6.45, 7) is 0. The van der Waals surface area contributed by atoms with E-state index in [0.717, 1.165) is 17.7 Å². The van der Waals surface area contributed by atoms with Crippen LogP contribution in [0.2, 0.25) is 0 Å². The van der Waals surface area contributed by atoms with Crippen molar-refractivity contribution in [1.82, 2.24) is 10.4 Å². The van der Waals surface area contributed by atoms with Crippen LogP contribution < -0.4 is 5.43 Å². The van der Waals surface area contributed by atoms with Gasteiger partial charge in [0, 0.05) is 17.7 Å². The van der Waals surface area contributed by atoms with Gasteiger partial charge in [-0.1, -0.05) is 30.3 Å². The molecule has 1 aliphatic heterocycles. The largest absolute Gasteiger partial charge is 0.312 e. The number of amides is 3. The van der Waals surface area contributed by atoms with Crippen molar-refractivity contribution in [3.8, 4) is 0 Å². The highest BCUT2D eigenvalue weighted by molar-refractivity contribution is 8.18. The van der Waals surface area contributed by atoms with Crippen molar-refractivity contribution < 1.29 is 19.3 Å². The Morgan fingerprint density at radius 1 is 1.08 bits per heavy atom. The average Bonchev–Trinajstić information content (AvgIpc) is 2.90. The van der Waals surface area contributed by atoms with Gasteiger partial charge in [0.2, 0.25) is 0 Å². The normalized spacial score (nSPS) is 15.4. The lowest BCUT2D eigenvalue weighted by atomic mass is 10.2. The topological polar surface area (TPSA) is 110 Å². The number of nitro groups is 1. The molecular formula is C17H11N3O5S. The van der Waals surface area contributed by atoms with Crippen LogP contribution in [-0.4, -0.2) is 27.0 Å². The number of imide groups is 1. The van der Waals surface area contributed by atoms with Crippen molar-refractivity contribution >= 4 is 40.6 Å². The van der Waals surface area contributed by atoms with Crippen LogP contribution in [0, 0.1) is 10.1 Å². The van der Waals surface area contributed by atoms with E-state index >= 15 is 0 Å². The van der Waals surface area contributed by atoms with Crippen molar-refractivity contribution in [3.05, 3.63) is 80.7 Å². The minimum absolute atomic E-state index is 0.0849. The monoisotopic (exact) mass is 369 g/mol. The number of thioether (sulfide) groups is 1. The first-order chi connectivity index (χ1) is 12.5. The van der Waals surface area contributed by atoms with Crippen LogP contribution >= 0.6 is 11.8 Å². The lowest BCUT2D eigenvalue weighted by molar-refractivity contribution is -0.384. The fraction of sp³-hybridized carbons (Fsp3) is 0. The molecule has 0 radical (unpaired) electrons. The van der Waals surface area contributed by atoms with Gasteiger partial charge in [0.05, 0.1) is 9.83 Å². The summed E-state index contributed by atoms with van der Waals surface area (Å²) in [5, 5.41) is 10.6. The number of nitro benzene ring substituents is 1. The number of rotatable bonds is 4. The van der Waals surface area contributed by atoms with E-state index in [2.05, 4.69) is 5.43 Å². The summed E-state index contributed by atoms with van der Waals surface area (Å²) in [4.78, 5) is 46.8. The Hall–Kier alpha value is -3.46. The van der Waals surface area contributed by atoms with Crippen LogP contribution in [0.4, 0.5) is 10.5 Å². The molecular weight excluding hydrogens is 358 g/mol. The standard InChI is InChI=1S/C17H11N3O5S/c21-15(12-6-8-13(9-7-12)20(24)25)18-19-16(22)14(26-17(19)23)10-11-4-2-1-3-5-11/h1-10H,(H,18,21)/b14-10-. The van der Waals surface area contributed by atoms with Crippen molar-refractivity contribution in [3.63, 3.8) is 0 Å². The van der Waals surface area contributed by atoms with Crippen LogP contribution in [0.3, 0.4) is 0 Å². The minimum Gasteiger partial charge on any atom is -0.267 e. The number of carbonyl (C=O) groups excluding carboxylic acids is 3. The summed E-state index contributed by atoms with van der Waals surface area (Å²) in [5.74, 6) is -1.36. The SMILES string of the molecule is O=C(NN1C(=O)S/C(=C\c2ccccc2)C1=O)c1ccc([N+](=O)[O-])cc1. The Kier molecular flexibility index (Phi) is 4.81. The lowest BCUT2D eigenvalue weighted by Gasteiger charge is -2.13. The number of carbonyl (C=O) groups is 3. The molecule has 0 unspecified atom stereocenters. The molecule has 2 aromatic carbocycles. The van der Waals surface area contributed by atoms with Crippen LogP contribution in [-0.2, 0) is 4.79 Å². The Morgan fingerprint density at radius 2 is 1.73 bits per heavy atom. The molecule has 130 valence electrons. The van der Waals surface area contributed by atoms with E-state index in [1.807, 2.05) is 6.07 Å². The summed E-state index contributed by atoms with van der Waals surface area (Å²) in [6.07, 6.45) is 1.56. The highest BCUT2D eigenvalue weighted by Gasteiger charge is 2.36. The average molecular weight is 369 g/mol. The summed E-state index contributed by atoms with van der Waals surface area (Å²) < 4.78 is 0. The number of non-ortho nitro benzene ring substituents is 1. The summed E-state index contributed by atoms with van der Waals surface area (Å²) in [6, 6.07) is 13.8. The molecule has 0 saturated carbocycles. The van der Waals surface area contributed by atoms with Gasteiger partial charge in [0.1, 0.15) is 0 Å². The van der Waals surface area contributed by atoms with Crippen LogP contribution in [0.1, 0.15) is 15.9 Å². The van der Waals surface area contributed by atoms with Gasteiger partial charge in [-0.05, 0) is 35.5 Å². The predicted octanol–water partition coefficient (Wildman–Crippen LogP) is 2.98. The van der Waals surface area contributed by atoms with Crippen molar-refractivity contribution in [1.29, 1.82) is 0 Å². The van der Waals surface area contributed by atoms with E-state index in [4.69, 9.17) is 0 Å². The molecule has 1 aliphatic rings. The Labute approximate surface area is 151 Å². The number of hydrogen-bond acceptors (Lipinski definition) is 6. The highest BCUT2D eigenvalue weighted by Crippen LogP contribution is 2.31. The van der Waals surface area contributed by atoms with E-state index in [0.29, 0.717) is 16.8 Å². The fourth-order valence-corrected chi connectivity index (χ4v) is 2.95. The summed E-state index contributed by atoms with van der Waals surface area (Å²) in [5.41, 5.74) is 2.89. The second-order valence-corrected chi connectivity index (χ2v) is 6.17. The number of benzene rings is 2. The Bertz CT molecular complexity index is 925. The molecule has 3 rings (SSSR count). The lowest BCUT2D eigenvalue weighted by Crippen LogP contribution is -2.44. The molecule has 3 amide bonds. The molecule has 9 heteroatoms. The maximum atomic E-state index is 12.3. The van der Waals surface area contributed by atoms with Crippen LogP contribution in [0.15, 0.2) is 59.5 Å². The van der Waals surface area contributed by atoms with E-state index in [9.17, 15) is 24.5 Å². The van der Waals surface area contributed by atoms with Crippen LogP contribution in [0.25, 0.3) is 6.08 Å². The predicted molar refractivity (Wildman–Crippen MR) is 94.8 cm³/mol. The van der Waals surface area contributed by atoms with Gasteiger partial charge in [-0.15, -0.1) is 0 Å². The van der Waals surface area contributed by atoms with Gasteiger partial charge in [0.15, 0.2) is 0 Å². The maximum absolute atomic E-state index is 12.3. The maximum Gasteiger partial charge on any atom is 0.312 e. The molecule has 26 heavy (non-hydrogen) atoms. The first kappa shape index (κ1) is 17.4. The highest BCUT2D eigenvalue weighted by atomic mass is 32.2. The molecule has 1 saturated heterocycles. The molecule has 0 atom stereocenters. The third kappa shape index (κ3) is 3.62. The van der Waals surface area contributed by atoms with E-state index in [1.165, 1.54) is 12.1 Å². The van der Waals surface area contributed by atoms with E-state index in [1.54, 1.807) is 30.3 Å². The van der Waals surface area contributed by atoms with Gasteiger partial charge in [0.25, 0.3) is 17.5 Å². The van der Waals surface area contributed by atoms with E-state index < -0.39 is 22.0 Å². The second-order valence-electron chi connectivity index (χ2n) is 5.17. The molecule has 1 fully saturated rings. The first-order valence-electron chi connectivity index (χ1n) is 7.34. The number of hydrogen-bond donors (Lipinski definition) is 1. The van der Waals surface area contributed by atoms with Gasteiger partial charge in [-0.3, -0.25) is 29.9 Å². The molecule has 0 bridgehead atoms. The summed E-state index contributed by atoms with van der Waals surface area (Å²) >= 11 is 0.715. The number of nitrogens with one attached hydrogen (secondary N) is 1. The zero-order valence-electron chi connectivity index (χ0n) is 13.1. The summed E-state index contributed by atoms with van der Waals surface area (Å²) in [7, 11) is 0. The molecule has 0 aromatic heterocycles. The number of hydrazine groups is 1. The van der Waals surface area contributed by atoms with Gasteiger partial charge >= 0.3 is 5.24 Å². The third-order valence-corrected chi connectivity index (χ3v) is 4.31. The molecule has 0 spiro atoms. The quantitative estimate of drug-likeness (QED) is 0.504. The van der Waals surface area contributed by atoms with Crippen molar-refractivity contribution in [2.24, 2.45) is 0 Å². The minimum atomic E-state index is -0.719. The fourth-order valence-electron chi connectivity index (χ4n) is 2.17. The smallest absolute Gasteiger partial charge is 0.267 e. The Morgan fingerprint density at radius 3 is 2.35 bits per heavy atom. The number of nitrogens with zero attached hydrogens (tertiary/aromatic N) is 2. The molecule has 0 aliphatic carbocycles. The van der Waals surface area contributed by atoms with Gasteiger partial charge < -0.3 is 0 Å². The van der Waals surface area contributed by atoms with Gasteiger partial charge in [-0.2, -0.15) is 5.01 Å². The zero-order valence-corrected chi connectivity index (χ0v) is 13.9. The molecule has 8 nitrogen and oxygen atoms in total. The van der Waals surface area contributed by atoms with Crippen molar-refractivity contribution in [2.75, 3.05) is 0 Å². The third-order valence-electron chi connectivity index (χ3n) is 3.44. The second kappa shape index (κ2) is 7.19. The van der Waals surface area contributed by atoms with Crippen LogP contribution in [0.5, 0.6) is 0 Å². The van der Waals surface area contributed by atoms with E-state index in [-0.39, 0.29) is 16.2 Å². The zero-order chi connectivity index (χ0) is 18.7. The Balaban J connectivity index is 1.74. The molecule has 1 heterocycles. The molecule has 1 N–H and O–H groups in total. The first-order valence-corrected chi connectivity index (χ1v) is 8.16. The van der Waals surface area contributed by atoms with Gasteiger partial charge in [-0.25, -0.2) is 0 Å². The van der Waals surface area contributed by atoms with Crippen molar-refractivity contribution in [2.45, 2.75) is 0 Å². The molecule has 2 aromatic rings.